The number of para-hydroxylation sites is 1. The van der Waals surface area contributed by atoms with Crippen LogP contribution in [0.5, 0.6) is 0 Å². The summed E-state index contributed by atoms with van der Waals surface area (Å²) in [5.41, 5.74) is 1.05. The van der Waals surface area contributed by atoms with Gasteiger partial charge in [0, 0.05) is 0 Å². The van der Waals surface area contributed by atoms with Gasteiger partial charge in [-0.25, -0.2) is 9.67 Å². The summed E-state index contributed by atoms with van der Waals surface area (Å²) < 4.78 is 1.85. The van der Waals surface area contributed by atoms with Crippen LogP contribution in [0, 0.1) is 6.92 Å². The molecule has 78 valence electrons. The van der Waals surface area contributed by atoms with E-state index in [0.717, 1.165) is 17.3 Å². The minimum atomic E-state index is 0.695. The van der Waals surface area contributed by atoms with E-state index >= 15 is 0 Å². The molecule has 1 heterocycles. The Bertz CT molecular complexity index is 433. The van der Waals surface area contributed by atoms with Crippen LogP contribution in [0.1, 0.15) is 11.6 Å². The number of benzene rings is 1. The van der Waals surface area contributed by atoms with Gasteiger partial charge in [0.05, 0.1) is 12.2 Å². The molecule has 0 amide bonds. The van der Waals surface area contributed by atoms with E-state index in [1.54, 1.807) is 0 Å². The van der Waals surface area contributed by atoms with Crippen LogP contribution >= 0.6 is 0 Å². The van der Waals surface area contributed by atoms with Gasteiger partial charge in [-0.05, 0) is 26.1 Å². The summed E-state index contributed by atoms with van der Waals surface area (Å²) in [4.78, 5) is 4.37. The van der Waals surface area contributed by atoms with Crippen molar-refractivity contribution in [2.24, 2.45) is 0 Å². The van der Waals surface area contributed by atoms with Crippen LogP contribution in [0.4, 0.5) is 0 Å². The van der Waals surface area contributed by atoms with Gasteiger partial charge in [-0.15, -0.1) is 5.10 Å². The zero-order valence-electron chi connectivity index (χ0n) is 8.94. The fraction of sp³-hybridized carbons (Fsp3) is 0.273. The summed E-state index contributed by atoms with van der Waals surface area (Å²) in [6, 6.07) is 10.0. The van der Waals surface area contributed by atoms with Gasteiger partial charge in [0.25, 0.3) is 0 Å². The molecule has 0 fully saturated rings. The van der Waals surface area contributed by atoms with Gasteiger partial charge in [-0.2, -0.15) is 0 Å². The Morgan fingerprint density at radius 2 is 2.00 bits per heavy atom. The third kappa shape index (κ3) is 2.05. The summed E-state index contributed by atoms with van der Waals surface area (Å²) >= 11 is 0. The second-order valence-corrected chi connectivity index (χ2v) is 3.35. The number of nitrogens with one attached hydrogen (secondary N) is 1. The van der Waals surface area contributed by atoms with Gasteiger partial charge in [0.15, 0.2) is 5.82 Å². The minimum absolute atomic E-state index is 0.695. The monoisotopic (exact) mass is 202 g/mol. The Labute approximate surface area is 89.0 Å². The van der Waals surface area contributed by atoms with Crippen LogP contribution in [0.25, 0.3) is 5.69 Å². The van der Waals surface area contributed by atoms with Gasteiger partial charge >= 0.3 is 0 Å². The first kappa shape index (κ1) is 9.86. The molecule has 0 aliphatic carbocycles. The third-order valence-electron chi connectivity index (χ3n) is 2.15. The smallest absolute Gasteiger partial charge is 0.165 e. The molecule has 4 nitrogen and oxygen atoms in total. The van der Waals surface area contributed by atoms with Crippen molar-refractivity contribution in [2.75, 3.05) is 7.05 Å². The Kier molecular flexibility index (Phi) is 2.78. The van der Waals surface area contributed by atoms with Crippen molar-refractivity contribution in [3.8, 4) is 5.69 Å². The first-order valence-electron chi connectivity index (χ1n) is 4.94. The number of rotatable bonds is 3. The van der Waals surface area contributed by atoms with Crippen molar-refractivity contribution >= 4 is 0 Å². The van der Waals surface area contributed by atoms with Gasteiger partial charge in [0.1, 0.15) is 5.82 Å². The van der Waals surface area contributed by atoms with Crippen molar-refractivity contribution in [3.63, 3.8) is 0 Å². The number of aryl methyl sites for hydroxylation is 1. The van der Waals surface area contributed by atoms with Gasteiger partial charge in [-0.3, -0.25) is 0 Å². The molecule has 2 aromatic rings. The number of hydrogen-bond donors (Lipinski definition) is 1. The van der Waals surface area contributed by atoms with E-state index in [-0.39, 0.29) is 0 Å². The van der Waals surface area contributed by atoms with Gasteiger partial charge in [0.2, 0.25) is 0 Å². The maximum Gasteiger partial charge on any atom is 0.165 e. The lowest BCUT2D eigenvalue weighted by Crippen LogP contribution is -2.07. The molecule has 4 heteroatoms. The molecule has 0 spiro atoms. The van der Waals surface area contributed by atoms with Crippen LogP contribution in [0.2, 0.25) is 0 Å². The van der Waals surface area contributed by atoms with E-state index in [1.807, 2.05) is 49.0 Å². The number of aromatic nitrogens is 3. The van der Waals surface area contributed by atoms with E-state index in [4.69, 9.17) is 0 Å². The molecule has 0 aliphatic rings. The van der Waals surface area contributed by atoms with Crippen molar-refractivity contribution in [3.05, 3.63) is 42.0 Å². The Hall–Kier alpha value is -1.68. The topological polar surface area (TPSA) is 42.7 Å². The molecule has 1 N–H and O–H groups in total. The summed E-state index contributed by atoms with van der Waals surface area (Å²) in [6.45, 7) is 2.65. The lowest BCUT2D eigenvalue weighted by molar-refractivity contribution is 0.743. The molecule has 0 saturated heterocycles. The third-order valence-corrected chi connectivity index (χ3v) is 2.15. The van der Waals surface area contributed by atoms with Crippen LogP contribution < -0.4 is 5.32 Å². The molecule has 0 unspecified atom stereocenters. The number of hydrogen-bond acceptors (Lipinski definition) is 3. The maximum atomic E-state index is 4.41. The molecule has 0 saturated carbocycles. The first-order valence-corrected chi connectivity index (χ1v) is 4.94. The fourth-order valence-corrected chi connectivity index (χ4v) is 1.49. The molecule has 0 radical (unpaired) electrons. The maximum absolute atomic E-state index is 4.41. The predicted molar refractivity (Wildman–Crippen MR) is 58.9 cm³/mol. The normalized spacial score (nSPS) is 10.5. The molecule has 0 atom stereocenters. The average Bonchev–Trinajstić information content (AvgIpc) is 2.61. The largest absolute Gasteiger partial charge is 0.313 e. The van der Waals surface area contributed by atoms with Crippen molar-refractivity contribution < 1.29 is 0 Å². The Morgan fingerprint density at radius 3 is 2.67 bits per heavy atom. The van der Waals surface area contributed by atoms with Gasteiger partial charge in [-0.1, -0.05) is 18.2 Å². The highest BCUT2D eigenvalue weighted by atomic mass is 15.4. The quantitative estimate of drug-likeness (QED) is 0.815. The van der Waals surface area contributed by atoms with E-state index < -0.39 is 0 Å². The molecule has 0 bridgehead atoms. The molecular formula is C11H14N4. The molecule has 15 heavy (non-hydrogen) atoms. The highest BCUT2D eigenvalue weighted by Gasteiger charge is 2.05. The summed E-state index contributed by atoms with van der Waals surface area (Å²) in [5, 5.41) is 7.45. The number of nitrogens with zero attached hydrogens (tertiary/aromatic N) is 3. The van der Waals surface area contributed by atoms with Crippen molar-refractivity contribution in [2.45, 2.75) is 13.5 Å². The van der Waals surface area contributed by atoms with Crippen LogP contribution in [-0.2, 0) is 6.54 Å². The standard InChI is InChI=1S/C11H14N4/c1-9-13-11(8-12-2)14-15(9)10-6-4-3-5-7-10/h3-7,12H,8H2,1-2H3. The minimum Gasteiger partial charge on any atom is -0.313 e. The summed E-state index contributed by atoms with van der Waals surface area (Å²) in [5.74, 6) is 1.73. The molecule has 2 rings (SSSR count). The lowest BCUT2D eigenvalue weighted by Gasteiger charge is -2.00. The Balaban J connectivity index is 2.36. The van der Waals surface area contributed by atoms with Crippen LogP contribution in [0.15, 0.2) is 30.3 Å². The summed E-state index contributed by atoms with van der Waals surface area (Å²) in [6.07, 6.45) is 0. The van der Waals surface area contributed by atoms with E-state index in [9.17, 15) is 0 Å². The molecule has 0 aliphatic heterocycles. The molecule has 1 aromatic carbocycles. The van der Waals surface area contributed by atoms with Crippen molar-refractivity contribution in [1.82, 2.24) is 20.1 Å². The van der Waals surface area contributed by atoms with E-state index in [1.165, 1.54) is 0 Å². The van der Waals surface area contributed by atoms with Crippen LogP contribution in [0.3, 0.4) is 0 Å². The van der Waals surface area contributed by atoms with E-state index in [2.05, 4.69) is 15.4 Å². The molecule has 1 aromatic heterocycles. The zero-order valence-corrected chi connectivity index (χ0v) is 8.94. The zero-order chi connectivity index (χ0) is 10.7. The highest BCUT2D eigenvalue weighted by molar-refractivity contribution is 5.30. The SMILES string of the molecule is CNCc1nc(C)n(-c2ccccc2)n1. The van der Waals surface area contributed by atoms with Gasteiger partial charge < -0.3 is 5.32 Å². The second-order valence-electron chi connectivity index (χ2n) is 3.35. The predicted octanol–water partition coefficient (Wildman–Crippen LogP) is 1.30. The Morgan fingerprint density at radius 1 is 1.27 bits per heavy atom. The lowest BCUT2D eigenvalue weighted by atomic mass is 10.3. The van der Waals surface area contributed by atoms with Crippen molar-refractivity contribution in [1.29, 1.82) is 0 Å². The van der Waals surface area contributed by atoms with Crippen LogP contribution in [-0.4, -0.2) is 21.8 Å². The molecular weight excluding hydrogens is 188 g/mol. The highest BCUT2D eigenvalue weighted by Crippen LogP contribution is 2.08. The average molecular weight is 202 g/mol. The summed E-state index contributed by atoms with van der Waals surface area (Å²) in [7, 11) is 1.89. The fourth-order valence-electron chi connectivity index (χ4n) is 1.49. The second kappa shape index (κ2) is 4.23. The van der Waals surface area contributed by atoms with E-state index in [0.29, 0.717) is 6.54 Å². The first-order chi connectivity index (χ1) is 7.31.